The summed E-state index contributed by atoms with van der Waals surface area (Å²) in [6.45, 7) is 0. The molecule has 12 rings (SSSR count). The second kappa shape index (κ2) is 12.7. The van der Waals surface area contributed by atoms with Gasteiger partial charge in [0.2, 0.25) is 0 Å². The Balaban J connectivity index is 0.926. The van der Waals surface area contributed by atoms with Crippen LogP contribution >= 0.6 is 68.0 Å². The van der Waals surface area contributed by atoms with Crippen molar-refractivity contribution < 1.29 is 0 Å². The minimum atomic E-state index is 1.13. The van der Waals surface area contributed by atoms with E-state index in [0.29, 0.717) is 0 Å². The average Bonchev–Trinajstić information content (AvgIpc) is 4.08. The molecule has 0 unspecified atom stereocenters. The third kappa shape index (κ3) is 5.34. The van der Waals surface area contributed by atoms with E-state index in [1.165, 1.54) is 91.8 Å². The SMILES string of the molecule is c1cc2c(ccc3sc(-c4ccc(N(c5ccc(-c6cc7c(ccc8sccc87)s6)cc5)c5ccc(-c6cc7c(ccc8sccc87)s6)cc5)cc4)cc32)s1. The lowest BCUT2D eigenvalue weighted by atomic mass is 10.1. The Morgan fingerprint density at radius 3 is 0.873 bits per heavy atom. The van der Waals surface area contributed by atoms with Crippen molar-refractivity contribution in [2.24, 2.45) is 0 Å². The van der Waals surface area contributed by atoms with Crippen LogP contribution in [0.4, 0.5) is 17.1 Å². The van der Waals surface area contributed by atoms with E-state index in [9.17, 15) is 0 Å². The van der Waals surface area contributed by atoms with Gasteiger partial charge < -0.3 is 4.90 Å². The molecule has 0 spiro atoms. The van der Waals surface area contributed by atoms with Crippen molar-refractivity contribution in [2.45, 2.75) is 0 Å². The molecule has 6 aromatic heterocycles. The number of thiophene rings is 6. The standard InChI is InChI=1S/C48H27NS6/c1-7-31(8-2-28(1)46-25-37-34-19-22-50-40(34)13-16-43(37)53-46)49(32-9-3-29(4-10-32)47-26-38-35-20-23-51-41(35)14-17-44(38)54-47)33-11-5-30(6-12-33)48-27-39-36-21-24-52-42(36)15-18-45(39)55-48/h1-27H. The lowest BCUT2D eigenvalue weighted by Crippen LogP contribution is -2.09. The molecule has 0 aliphatic heterocycles. The Kier molecular flexibility index (Phi) is 7.43. The Bertz CT molecular complexity index is 3000. The highest BCUT2D eigenvalue weighted by molar-refractivity contribution is 7.24. The predicted octanol–water partition coefficient (Wildman–Crippen LogP) is 17.4. The Morgan fingerprint density at radius 2 is 0.564 bits per heavy atom. The molecule has 7 heteroatoms. The van der Waals surface area contributed by atoms with Crippen molar-refractivity contribution in [1.82, 2.24) is 0 Å². The zero-order valence-electron chi connectivity index (χ0n) is 29.0. The molecule has 0 N–H and O–H groups in total. The molecular weight excluding hydrogens is 783 g/mol. The largest absolute Gasteiger partial charge is 0.311 e. The van der Waals surface area contributed by atoms with E-state index >= 15 is 0 Å². The molecular formula is C48H27NS6. The van der Waals surface area contributed by atoms with Crippen LogP contribution < -0.4 is 4.90 Å². The minimum absolute atomic E-state index is 1.13. The maximum absolute atomic E-state index is 2.39. The summed E-state index contributed by atoms with van der Waals surface area (Å²) in [7, 11) is 0. The Labute approximate surface area is 340 Å². The van der Waals surface area contributed by atoms with Crippen LogP contribution in [0.2, 0.25) is 0 Å². The summed E-state index contributed by atoms with van der Waals surface area (Å²) < 4.78 is 8.05. The number of fused-ring (bicyclic) bond motifs is 9. The van der Waals surface area contributed by atoms with Crippen molar-refractivity contribution in [3.63, 3.8) is 0 Å². The first kappa shape index (κ1) is 32.2. The summed E-state index contributed by atoms with van der Waals surface area (Å²) in [5.41, 5.74) is 7.13. The predicted molar refractivity (Wildman–Crippen MR) is 250 cm³/mol. The van der Waals surface area contributed by atoms with Crippen LogP contribution in [-0.4, -0.2) is 0 Å². The molecule has 1 nitrogen and oxygen atoms in total. The fourth-order valence-electron chi connectivity index (χ4n) is 7.89. The van der Waals surface area contributed by atoms with Gasteiger partial charge in [-0.2, -0.15) is 0 Å². The van der Waals surface area contributed by atoms with Gasteiger partial charge in [0, 0.05) is 92.2 Å². The molecule has 0 saturated heterocycles. The lowest BCUT2D eigenvalue weighted by Gasteiger charge is -2.26. The molecule has 260 valence electrons. The normalized spacial score (nSPS) is 12.0. The highest BCUT2D eigenvalue weighted by Gasteiger charge is 2.17. The van der Waals surface area contributed by atoms with E-state index in [1.54, 1.807) is 0 Å². The van der Waals surface area contributed by atoms with Crippen LogP contribution in [0.3, 0.4) is 0 Å². The number of anilines is 3. The molecule has 6 aromatic carbocycles. The first-order valence-corrected chi connectivity index (χ1v) is 23.1. The quantitative estimate of drug-likeness (QED) is 0.162. The van der Waals surface area contributed by atoms with Crippen molar-refractivity contribution in [2.75, 3.05) is 4.90 Å². The van der Waals surface area contributed by atoms with Gasteiger partial charge in [0.05, 0.1) is 0 Å². The topological polar surface area (TPSA) is 3.24 Å². The van der Waals surface area contributed by atoms with Crippen LogP contribution in [-0.2, 0) is 0 Å². The summed E-state index contributed by atoms with van der Waals surface area (Å²) in [5.74, 6) is 0. The summed E-state index contributed by atoms with van der Waals surface area (Å²) in [4.78, 5) is 6.28. The molecule has 0 atom stereocenters. The monoisotopic (exact) mass is 809 g/mol. The van der Waals surface area contributed by atoms with Gasteiger partial charge in [-0.3, -0.25) is 0 Å². The fourth-order valence-corrected chi connectivity index (χ4v) is 13.5. The second-order valence-electron chi connectivity index (χ2n) is 13.7. The van der Waals surface area contributed by atoms with Crippen LogP contribution in [0.15, 0.2) is 162 Å². The molecule has 0 bridgehead atoms. The van der Waals surface area contributed by atoms with Gasteiger partial charge in [-0.15, -0.1) is 68.0 Å². The Hall–Kier alpha value is -5.12. The van der Waals surface area contributed by atoms with Crippen LogP contribution in [0.25, 0.3) is 91.8 Å². The van der Waals surface area contributed by atoms with Crippen LogP contribution in [0.5, 0.6) is 0 Å². The first-order chi connectivity index (χ1) is 27.2. The van der Waals surface area contributed by atoms with Crippen molar-refractivity contribution >= 4 is 146 Å². The summed E-state index contributed by atoms with van der Waals surface area (Å²) in [5, 5.41) is 14.7. The van der Waals surface area contributed by atoms with Crippen molar-refractivity contribution in [1.29, 1.82) is 0 Å². The molecule has 0 aliphatic carbocycles. The number of benzene rings is 6. The Morgan fingerprint density at radius 1 is 0.273 bits per heavy atom. The highest BCUT2D eigenvalue weighted by atomic mass is 32.1. The smallest absolute Gasteiger partial charge is 0.0462 e. The van der Waals surface area contributed by atoms with Gasteiger partial charge in [-0.25, -0.2) is 0 Å². The van der Waals surface area contributed by atoms with Gasteiger partial charge in [-0.1, -0.05) is 36.4 Å². The average molecular weight is 810 g/mol. The number of rotatable bonds is 6. The number of nitrogens with zero attached hydrogens (tertiary/aromatic N) is 1. The molecule has 0 amide bonds. The van der Waals surface area contributed by atoms with E-state index < -0.39 is 0 Å². The third-order valence-electron chi connectivity index (χ3n) is 10.6. The molecule has 6 heterocycles. The fraction of sp³-hybridized carbons (Fsp3) is 0. The van der Waals surface area contributed by atoms with E-state index in [1.807, 2.05) is 68.0 Å². The second-order valence-corrected chi connectivity index (χ2v) is 19.8. The molecule has 0 radical (unpaired) electrons. The third-order valence-corrected chi connectivity index (χ3v) is 16.7. The van der Waals surface area contributed by atoms with E-state index in [0.717, 1.165) is 17.1 Å². The van der Waals surface area contributed by atoms with Crippen LogP contribution in [0, 0.1) is 0 Å². The van der Waals surface area contributed by atoms with Gasteiger partial charge in [0.1, 0.15) is 0 Å². The van der Waals surface area contributed by atoms with Gasteiger partial charge in [-0.05, 0) is 142 Å². The zero-order valence-corrected chi connectivity index (χ0v) is 33.9. The van der Waals surface area contributed by atoms with Crippen molar-refractivity contribution in [3.8, 4) is 31.3 Å². The minimum Gasteiger partial charge on any atom is -0.311 e. The highest BCUT2D eigenvalue weighted by Crippen LogP contribution is 2.44. The first-order valence-electron chi connectivity index (χ1n) is 18.0. The maximum Gasteiger partial charge on any atom is 0.0462 e. The van der Waals surface area contributed by atoms with Gasteiger partial charge >= 0.3 is 0 Å². The molecule has 12 aromatic rings. The van der Waals surface area contributed by atoms with Crippen molar-refractivity contribution in [3.05, 3.63) is 162 Å². The molecule has 55 heavy (non-hydrogen) atoms. The van der Waals surface area contributed by atoms with E-state index in [-0.39, 0.29) is 0 Å². The summed E-state index contributed by atoms with van der Waals surface area (Å²) in [6.07, 6.45) is 0. The molecule has 0 aliphatic rings. The van der Waals surface area contributed by atoms with Gasteiger partial charge in [0.25, 0.3) is 0 Å². The van der Waals surface area contributed by atoms with Crippen LogP contribution in [0.1, 0.15) is 0 Å². The van der Waals surface area contributed by atoms with E-state index in [4.69, 9.17) is 0 Å². The number of hydrogen-bond acceptors (Lipinski definition) is 7. The summed E-state index contributed by atoms with van der Waals surface area (Å²) in [6, 6.07) is 54.8. The maximum atomic E-state index is 2.39. The lowest BCUT2D eigenvalue weighted by molar-refractivity contribution is 1.28. The van der Waals surface area contributed by atoms with E-state index in [2.05, 4.69) is 167 Å². The van der Waals surface area contributed by atoms with Gasteiger partial charge in [0.15, 0.2) is 0 Å². The summed E-state index contributed by atoms with van der Waals surface area (Å²) >= 11 is 11.1. The molecule has 0 fully saturated rings. The molecule has 0 saturated carbocycles. The zero-order chi connectivity index (χ0) is 36.0. The number of hydrogen-bond donors (Lipinski definition) is 0.